The summed E-state index contributed by atoms with van der Waals surface area (Å²) in [5, 5.41) is 9.53. The molecule has 74 valence electrons. The monoisotopic (exact) mass is 195 g/mol. The van der Waals surface area contributed by atoms with E-state index in [1.807, 2.05) is 0 Å². The first-order chi connectivity index (χ1) is 5.27. The predicted octanol–water partition coefficient (Wildman–Crippen LogP) is -0.479. The average Bonchev–Trinajstić information content (AvgIpc) is 1.83. The summed E-state index contributed by atoms with van der Waals surface area (Å²) in [6.45, 7) is 1.97. The van der Waals surface area contributed by atoms with Gasteiger partial charge in [0, 0.05) is 6.26 Å². The number of hydrogen-bond donors (Lipinski definition) is 2. The molecule has 0 aliphatic rings. The predicted molar refractivity (Wildman–Crippen MR) is 48.6 cm³/mol. The lowest BCUT2D eigenvalue weighted by atomic mass is 10.00. The summed E-state index contributed by atoms with van der Waals surface area (Å²) in [4.78, 5) is 0. The summed E-state index contributed by atoms with van der Waals surface area (Å²) in [7, 11) is -2.98. The quantitative estimate of drug-likeness (QED) is 0.621. The maximum Gasteiger partial charge on any atom is 0.147 e. The van der Waals surface area contributed by atoms with Gasteiger partial charge in [0.1, 0.15) is 9.84 Å². The molecule has 0 aromatic rings. The molecule has 1 atom stereocenters. The van der Waals surface area contributed by atoms with E-state index in [0.717, 1.165) is 6.26 Å². The molecule has 0 spiro atoms. The van der Waals surface area contributed by atoms with Crippen molar-refractivity contribution in [2.45, 2.75) is 25.4 Å². The topological polar surface area (TPSA) is 80.4 Å². The molecule has 1 unspecified atom stereocenters. The van der Waals surface area contributed by atoms with E-state index in [9.17, 15) is 13.5 Å². The summed E-state index contributed by atoms with van der Waals surface area (Å²) < 4.78 is 21.5. The molecule has 0 saturated carbocycles. The van der Waals surface area contributed by atoms with Crippen LogP contribution in [0.2, 0.25) is 0 Å². The van der Waals surface area contributed by atoms with Gasteiger partial charge in [-0.1, -0.05) is 0 Å². The second-order valence-corrected chi connectivity index (χ2v) is 5.68. The molecule has 0 aliphatic carbocycles. The molecular formula is C7H17NO3S. The highest BCUT2D eigenvalue weighted by Gasteiger charge is 2.20. The first-order valence-electron chi connectivity index (χ1n) is 3.87. The second-order valence-electron chi connectivity index (χ2n) is 3.42. The number of sulfone groups is 1. The van der Waals surface area contributed by atoms with Crippen molar-refractivity contribution in [3.05, 3.63) is 0 Å². The summed E-state index contributed by atoms with van der Waals surface area (Å²) in [5.41, 5.74) is 4.30. The summed E-state index contributed by atoms with van der Waals surface area (Å²) >= 11 is 0. The minimum Gasteiger partial charge on any atom is -0.390 e. The van der Waals surface area contributed by atoms with E-state index in [-0.39, 0.29) is 12.2 Å². The van der Waals surface area contributed by atoms with Crippen LogP contribution >= 0.6 is 0 Å². The van der Waals surface area contributed by atoms with Crippen LogP contribution in [0.4, 0.5) is 0 Å². The van der Waals surface area contributed by atoms with Crippen LogP contribution in [-0.4, -0.2) is 37.7 Å². The van der Waals surface area contributed by atoms with Crippen molar-refractivity contribution in [2.75, 3.05) is 18.6 Å². The van der Waals surface area contributed by atoms with Crippen molar-refractivity contribution >= 4 is 9.84 Å². The third kappa shape index (κ3) is 6.57. The molecule has 0 heterocycles. The molecule has 0 aliphatic heterocycles. The Morgan fingerprint density at radius 1 is 1.42 bits per heavy atom. The van der Waals surface area contributed by atoms with Gasteiger partial charge in [-0.3, -0.25) is 0 Å². The maximum absolute atomic E-state index is 10.7. The van der Waals surface area contributed by atoms with Crippen LogP contribution < -0.4 is 5.73 Å². The van der Waals surface area contributed by atoms with Gasteiger partial charge in [0.15, 0.2) is 0 Å². The van der Waals surface area contributed by atoms with E-state index in [0.29, 0.717) is 13.0 Å². The summed E-state index contributed by atoms with van der Waals surface area (Å²) in [6.07, 6.45) is 1.84. The molecule has 0 bridgehead atoms. The van der Waals surface area contributed by atoms with Gasteiger partial charge in [0.25, 0.3) is 0 Å². The standard InChI is InChI=1S/C7H17NO3S/c1-7(9,3-5-8)4-6-12(2,10)11/h9H,3-6,8H2,1-2H3. The number of nitrogens with two attached hydrogens (primary N) is 1. The fourth-order valence-corrected chi connectivity index (χ4v) is 1.65. The van der Waals surface area contributed by atoms with Crippen molar-refractivity contribution < 1.29 is 13.5 Å². The van der Waals surface area contributed by atoms with E-state index in [1.165, 1.54) is 0 Å². The van der Waals surface area contributed by atoms with Crippen LogP contribution in [0.5, 0.6) is 0 Å². The van der Waals surface area contributed by atoms with E-state index >= 15 is 0 Å². The number of hydrogen-bond acceptors (Lipinski definition) is 4. The van der Waals surface area contributed by atoms with Crippen LogP contribution in [-0.2, 0) is 9.84 Å². The minimum atomic E-state index is -2.98. The molecule has 0 aromatic carbocycles. The van der Waals surface area contributed by atoms with Crippen molar-refractivity contribution in [3.63, 3.8) is 0 Å². The Balaban J connectivity index is 3.92. The number of rotatable bonds is 5. The lowest BCUT2D eigenvalue weighted by molar-refractivity contribution is 0.0503. The van der Waals surface area contributed by atoms with Crippen LogP contribution in [0.15, 0.2) is 0 Å². The Bertz CT molecular complexity index is 221. The average molecular weight is 195 g/mol. The van der Waals surface area contributed by atoms with E-state index in [4.69, 9.17) is 5.73 Å². The lowest BCUT2D eigenvalue weighted by Gasteiger charge is -2.21. The number of aliphatic hydroxyl groups is 1. The van der Waals surface area contributed by atoms with E-state index in [2.05, 4.69) is 0 Å². The van der Waals surface area contributed by atoms with Gasteiger partial charge in [0.2, 0.25) is 0 Å². The van der Waals surface area contributed by atoms with Crippen LogP contribution in [0.3, 0.4) is 0 Å². The Morgan fingerprint density at radius 3 is 2.25 bits per heavy atom. The molecule has 0 radical (unpaired) electrons. The fraction of sp³-hybridized carbons (Fsp3) is 1.00. The normalized spacial score (nSPS) is 17.3. The first kappa shape index (κ1) is 11.9. The Hall–Kier alpha value is -0.130. The zero-order chi connectivity index (χ0) is 9.83. The van der Waals surface area contributed by atoms with Crippen molar-refractivity contribution in [1.82, 2.24) is 0 Å². The molecule has 12 heavy (non-hydrogen) atoms. The molecule has 0 rings (SSSR count). The third-order valence-electron chi connectivity index (χ3n) is 1.69. The summed E-state index contributed by atoms with van der Waals surface area (Å²) in [5.74, 6) is 0.0139. The zero-order valence-electron chi connectivity index (χ0n) is 7.58. The Morgan fingerprint density at radius 2 is 1.92 bits per heavy atom. The van der Waals surface area contributed by atoms with Gasteiger partial charge in [-0.15, -0.1) is 0 Å². The molecule has 0 fully saturated rings. The van der Waals surface area contributed by atoms with Crippen LogP contribution in [0, 0.1) is 0 Å². The smallest absolute Gasteiger partial charge is 0.147 e. The van der Waals surface area contributed by atoms with Gasteiger partial charge in [-0.05, 0) is 26.3 Å². The van der Waals surface area contributed by atoms with Gasteiger partial charge >= 0.3 is 0 Å². The SMILES string of the molecule is CC(O)(CCN)CCS(C)(=O)=O. The highest BCUT2D eigenvalue weighted by atomic mass is 32.2. The van der Waals surface area contributed by atoms with Crippen molar-refractivity contribution in [3.8, 4) is 0 Å². The highest BCUT2D eigenvalue weighted by Crippen LogP contribution is 2.13. The Kier molecular flexibility index (Phi) is 4.16. The maximum atomic E-state index is 10.7. The highest BCUT2D eigenvalue weighted by molar-refractivity contribution is 7.90. The molecule has 0 amide bonds. The third-order valence-corrected chi connectivity index (χ3v) is 2.64. The van der Waals surface area contributed by atoms with Crippen molar-refractivity contribution in [2.24, 2.45) is 5.73 Å². The second kappa shape index (κ2) is 4.20. The van der Waals surface area contributed by atoms with Gasteiger partial charge in [0.05, 0.1) is 11.4 Å². The summed E-state index contributed by atoms with van der Waals surface area (Å²) in [6, 6.07) is 0. The molecule has 4 nitrogen and oxygen atoms in total. The molecule has 3 N–H and O–H groups in total. The minimum absolute atomic E-state index is 0.0139. The fourth-order valence-electron chi connectivity index (χ4n) is 0.841. The molecule has 5 heteroatoms. The largest absolute Gasteiger partial charge is 0.390 e. The van der Waals surface area contributed by atoms with Crippen LogP contribution in [0.25, 0.3) is 0 Å². The Labute approximate surface area is 73.7 Å². The van der Waals surface area contributed by atoms with Gasteiger partial charge < -0.3 is 10.8 Å². The van der Waals surface area contributed by atoms with Gasteiger partial charge in [-0.25, -0.2) is 8.42 Å². The van der Waals surface area contributed by atoms with Crippen molar-refractivity contribution in [1.29, 1.82) is 0 Å². The molecule has 0 saturated heterocycles. The zero-order valence-corrected chi connectivity index (χ0v) is 8.39. The van der Waals surface area contributed by atoms with Crippen LogP contribution in [0.1, 0.15) is 19.8 Å². The van der Waals surface area contributed by atoms with E-state index < -0.39 is 15.4 Å². The van der Waals surface area contributed by atoms with Gasteiger partial charge in [-0.2, -0.15) is 0 Å². The van der Waals surface area contributed by atoms with E-state index in [1.54, 1.807) is 6.92 Å². The molecule has 0 aromatic heterocycles. The lowest BCUT2D eigenvalue weighted by Crippen LogP contribution is -2.30. The molecular weight excluding hydrogens is 178 g/mol. The first-order valence-corrected chi connectivity index (χ1v) is 5.93.